The Morgan fingerprint density at radius 2 is 2.31 bits per heavy atom. The average Bonchev–Trinajstić information content (AvgIpc) is 2.75. The van der Waals surface area contributed by atoms with Gasteiger partial charge in [-0.2, -0.15) is 0 Å². The lowest BCUT2D eigenvalue weighted by Gasteiger charge is -2.26. The second kappa shape index (κ2) is 5.33. The number of rotatable bonds is 4. The van der Waals surface area contributed by atoms with Crippen molar-refractivity contribution in [1.82, 2.24) is 4.98 Å². The molecule has 16 heavy (non-hydrogen) atoms. The van der Waals surface area contributed by atoms with E-state index in [0.29, 0.717) is 0 Å². The third-order valence-corrected chi connectivity index (χ3v) is 3.40. The molecule has 0 radical (unpaired) electrons. The molecule has 2 heteroatoms. The highest BCUT2D eigenvalue weighted by atomic mass is 15.2. The number of pyridine rings is 1. The first-order valence-corrected chi connectivity index (χ1v) is 6.45. The lowest BCUT2D eigenvalue weighted by Crippen LogP contribution is -2.30. The van der Waals surface area contributed by atoms with Gasteiger partial charge in [0.2, 0.25) is 0 Å². The normalized spacial score (nSPS) is 20.7. The van der Waals surface area contributed by atoms with Crippen LogP contribution >= 0.6 is 0 Å². The number of hydrogen-bond acceptors (Lipinski definition) is 2. The molecule has 2 heterocycles. The first kappa shape index (κ1) is 11.4. The third-order valence-electron chi connectivity index (χ3n) is 3.40. The Balaban J connectivity index is 1.98. The maximum absolute atomic E-state index is 4.46. The van der Waals surface area contributed by atoms with Gasteiger partial charge in [-0.15, -0.1) is 0 Å². The summed E-state index contributed by atoms with van der Waals surface area (Å²) in [5.74, 6) is 1.97. The predicted octanol–water partition coefficient (Wildman–Crippen LogP) is 3.49. The average molecular weight is 218 g/mol. The molecule has 0 N–H and O–H groups in total. The molecule has 1 unspecified atom stereocenters. The van der Waals surface area contributed by atoms with E-state index in [1.807, 2.05) is 12.3 Å². The van der Waals surface area contributed by atoms with Crippen LogP contribution in [-0.4, -0.2) is 17.6 Å². The van der Waals surface area contributed by atoms with E-state index in [0.717, 1.165) is 17.8 Å². The monoisotopic (exact) mass is 218 g/mol. The van der Waals surface area contributed by atoms with E-state index in [9.17, 15) is 0 Å². The summed E-state index contributed by atoms with van der Waals surface area (Å²) in [6.07, 6.45) is 7.19. The summed E-state index contributed by atoms with van der Waals surface area (Å²) in [5.41, 5.74) is 0. The summed E-state index contributed by atoms with van der Waals surface area (Å²) in [6, 6.07) is 6.92. The van der Waals surface area contributed by atoms with E-state index in [1.165, 1.54) is 32.2 Å². The molecule has 0 aliphatic carbocycles. The van der Waals surface area contributed by atoms with Crippen molar-refractivity contribution in [1.29, 1.82) is 0 Å². The van der Waals surface area contributed by atoms with Crippen molar-refractivity contribution in [3.05, 3.63) is 24.4 Å². The van der Waals surface area contributed by atoms with Gasteiger partial charge in [0, 0.05) is 18.8 Å². The fourth-order valence-corrected chi connectivity index (χ4v) is 2.49. The highest BCUT2D eigenvalue weighted by Crippen LogP contribution is 2.27. The Labute approximate surface area is 98.7 Å². The topological polar surface area (TPSA) is 16.1 Å². The Hall–Kier alpha value is -1.05. The second-order valence-corrected chi connectivity index (χ2v) is 5.15. The first-order chi connectivity index (χ1) is 7.77. The fraction of sp³-hybridized carbons (Fsp3) is 0.643. The van der Waals surface area contributed by atoms with Crippen LogP contribution in [0, 0.1) is 5.92 Å². The molecule has 1 aliphatic rings. The Kier molecular flexibility index (Phi) is 3.81. The molecular formula is C14H22N2. The molecule has 1 fully saturated rings. The van der Waals surface area contributed by atoms with Gasteiger partial charge in [0.1, 0.15) is 5.82 Å². The van der Waals surface area contributed by atoms with Crippen LogP contribution in [0.25, 0.3) is 0 Å². The van der Waals surface area contributed by atoms with Crippen LogP contribution in [0.2, 0.25) is 0 Å². The highest BCUT2D eigenvalue weighted by molar-refractivity contribution is 5.40. The Bertz CT molecular complexity index is 308. The summed E-state index contributed by atoms with van der Waals surface area (Å²) >= 11 is 0. The standard InChI is InChI=1S/C14H22N2/c1-12(2)8-9-13-6-5-11-16(13)14-7-3-4-10-15-14/h3-4,7,10,12-13H,5-6,8-9,11H2,1-2H3. The zero-order valence-electron chi connectivity index (χ0n) is 10.4. The van der Waals surface area contributed by atoms with Gasteiger partial charge in [0.15, 0.2) is 0 Å². The van der Waals surface area contributed by atoms with E-state index in [-0.39, 0.29) is 0 Å². The van der Waals surface area contributed by atoms with E-state index in [4.69, 9.17) is 0 Å². The van der Waals surface area contributed by atoms with Crippen molar-refractivity contribution >= 4 is 5.82 Å². The van der Waals surface area contributed by atoms with Crippen LogP contribution in [0.1, 0.15) is 39.5 Å². The highest BCUT2D eigenvalue weighted by Gasteiger charge is 2.24. The van der Waals surface area contributed by atoms with Crippen molar-refractivity contribution in [3.63, 3.8) is 0 Å². The molecule has 88 valence electrons. The minimum Gasteiger partial charge on any atom is -0.354 e. The molecule has 1 saturated heterocycles. The lowest BCUT2D eigenvalue weighted by atomic mass is 10.0. The van der Waals surface area contributed by atoms with Gasteiger partial charge in [-0.1, -0.05) is 19.9 Å². The summed E-state index contributed by atoms with van der Waals surface area (Å²) in [6.45, 7) is 5.79. The molecule has 2 nitrogen and oxygen atoms in total. The van der Waals surface area contributed by atoms with Crippen LogP contribution in [-0.2, 0) is 0 Å². The smallest absolute Gasteiger partial charge is 0.128 e. The number of hydrogen-bond donors (Lipinski definition) is 0. The second-order valence-electron chi connectivity index (χ2n) is 5.15. The molecular weight excluding hydrogens is 196 g/mol. The molecule has 1 aliphatic heterocycles. The van der Waals surface area contributed by atoms with Gasteiger partial charge in [0.25, 0.3) is 0 Å². The minimum absolute atomic E-state index is 0.720. The van der Waals surface area contributed by atoms with E-state index in [2.05, 4.69) is 35.9 Å². The van der Waals surface area contributed by atoms with Crippen LogP contribution in [0.4, 0.5) is 5.82 Å². The van der Waals surface area contributed by atoms with Crippen LogP contribution < -0.4 is 4.90 Å². The quantitative estimate of drug-likeness (QED) is 0.769. The molecule has 1 aromatic rings. The number of aromatic nitrogens is 1. The van der Waals surface area contributed by atoms with E-state index < -0.39 is 0 Å². The lowest BCUT2D eigenvalue weighted by molar-refractivity contribution is 0.494. The van der Waals surface area contributed by atoms with Crippen LogP contribution in [0.3, 0.4) is 0 Å². The summed E-state index contributed by atoms with van der Waals surface area (Å²) < 4.78 is 0. The van der Waals surface area contributed by atoms with Gasteiger partial charge in [-0.05, 0) is 43.7 Å². The molecule has 0 amide bonds. The minimum atomic E-state index is 0.720. The molecule has 0 spiro atoms. The van der Waals surface area contributed by atoms with Gasteiger partial charge >= 0.3 is 0 Å². The van der Waals surface area contributed by atoms with Gasteiger partial charge in [-0.3, -0.25) is 0 Å². The van der Waals surface area contributed by atoms with Gasteiger partial charge in [0.05, 0.1) is 0 Å². The molecule has 1 aromatic heterocycles. The van der Waals surface area contributed by atoms with Crippen molar-refractivity contribution in [3.8, 4) is 0 Å². The zero-order valence-corrected chi connectivity index (χ0v) is 10.4. The third kappa shape index (κ3) is 2.75. The molecule has 0 saturated carbocycles. The summed E-state index contributed by atoms with van der Waals surface area (Å²) in [4.78, 5) is 6.95. The summed E-state index contributed by atoms with van der Waals surface area (Å²) in [7, 11) is 0. The molecule has 2 rings (SSSR count). The largest absolute Gasteiger partial charge is 0.354 e. The van der Waals surface area contributed by atoms with Crippen LogP contribution in [0.15, 0.2) is 24.4 Å². The molecule has 0 aromatic carbocycles. The fourth-order valence-electron chi connectivity index (χ4n) is 2.49. The van der Waals surface area contributed by atoms with Crippen molar-refractivity contribution in [2.24, 2.45) is 5.92 Å². The maximum Gasteiger partial charge on any atom is 0.128 e. The number of nitrogens with zero attached hydrogens (tertiary/aromatic N) is 2. The zero-order chi connectivity index (χ0) is 11.4. The SMILES string of the molecule is CC(C)CCC1CCCN1c1ccccn1. The van der Waals surface area contributed by atoms with E-state index in [1.54, 1.807) is 0 Å². The Morgan fingerprint density at radius 1 is 1.44 bits per heavy atom. The molecule has 0 bridgehead atoms. The van der Waals surface area contributed by atoms with Crippen molar-refractivity contribution < 1.29 is 0 Å². The van der Waals surface area contributed by atoms with Crippen molar-refractivity contribution in [2.45, 2.75) is 45.6 Å². The van der Waals surface area contributed by atoms with Gasteiger partial charge in [-0.25, -0.2) is 4.98 Å². The van der Waals surface area contributed by atoms with Gasteiger partial charge < -0.3 is 4.90 Å². The van der Waals surface area contributed by atoms with E-state index >= 15 is 0 Å². The Morgan fingerprint density at radius 3 is 3.00 bits per heavy atom. The first-order valence-electron chi connectivity index (χ1n) is 6.45. The molecule has 1 atom stereocenters. The summed E-state index contributed by atoms with van der Waals surface area (Å²) in [5, 5.41) is 0. The van der Waals surface area contributed by atoms with Crippen LogP contribution in [0.5, 0.6) is 0 Å². The predicted molar refractivity (Wildman–Crippen MR) is 68.7 cm³/mol. The number of anilines is 1. The maximum atomic E-state index is 4.46. The van der Waals surface area contributed by atoms with Crippen molar-refractivity contribution in [2.75, 3.05) is 11.4 Å².